The molecule has 1 saturated heterocycles. The molecule has 1 unspecified atom stereocenters. The minimum absolute atomic E-state index is 0.0358. The quantitative estimate of drug-likeness (QED) is 0.703. The van der Waals surface area contributed by atoms with Gasteiger partial charge in [-0.1, -0.05) is 38.1 Å². The van der Waals surface area contributed by atoms with Crippen molar-refractivity contribution >= 4 is 11.9 Å². The van der Waals surface area contributed by atoms with Gasteiger partial charge in [-0.2, -0.15) is 0 Å². The van der Waals surface area contributed by atoms with Crippen molar-refractivity contribution in [3.63, 3.8) is 0 Å². The highest BCUT2D eigenvalue weighted by Crippen LogP contribution is 2.24. The molecule has 1 aliphatic rings. The van der Waals surface area contributed by atoms with Crippen LogP contribution in [0, 0.1) is 5.92 Å². The van der Waals surface area contributed by atoms with Gasteiger partial charge < -0.3 is 11.1 Å². The van der Waals surface area contributed by atoms with Gasteiger partial charge in [0, 0.05) is 6.54 Å². The van der Waals surface area contributed by atoms with Crippen LogP contribution in [0.3, 0.4) is 0 Å². The molecule has 0 aromatic heterocycles. The van der Waals surface area contributed by atoms with E-state index in [9.17, 15) is 9.59 Å². The monoisotopic (exact) mass is 261 g/mol. The average Bonchev–Trinajstić information content (AvgIpc) is 2.65. The molecule has 3 amide bonds. The van der Waals surface area contributed by atoms with Crippen LogP contribution in [0.25, 0.3) is 0 Å². The van der Waals surface area contributed by atoms with E-state index < -0.39 is 17.5 Å². The molecule has 1 atom stereocenters. The lowest BCUT2D eigenvalue weighted by Gasteiger charge is -2.24. The fourth-order valence-electron chi connectivity index (χ4n) is 2.35. The van der Waals surface area contributed by atoms with Crippen LogP contribution in [0.15, 0.2) is 24.3 Å². The SMILES string of the molecule is CC(C)Cc1ccc(C2(CN)NC(=O)NC2=O)cc1. The van der Waals surface area contributed by atoms with E-state index in [1.165, 1.54) is 5.56 Å². The second-order valence-corrected chi connectivity index (χ2v) is 5.31. The maximum Gasteiger partial charge on any atom is 0.322 e. The van der Waals surface area contributed by atoms with E-state index >= 15 is 0 Å². The molecule has 1 heterocycles. The molecule has 0 saturated carbocycles. The maximum absolute atomic E-state index is 11.9. The zero-order valence-corrected chi connectivity index (χ0v) is 11.2. The topological polar surface area (TPSA) is 84.2 Å². The number of nitrogens with one attached hydrogen (secondary N) is 2. The Morgan fingerprint density at radius 1 is 1.21 bits per heavy atom. The van der Waals surface area contributed by atoms with Crippen molar-refractivity contribution in [3.05, 3.63) is 35.4 Å². The molecule has 0 radical (unpaired) electrons. The van der Waals surface area contributed by atoms with Gasteiger partial charge in [0.05, 0.1) is 0 Å². The highest BCUT2D eigenvalue weighted by molar-refractivity contribution is 6.07. The number of carbonyl (C=O) groups is 2. The molecular weight excluding hydrogens is 242 g/mol. The first-order valence-electron chi connectivity index (χ1n) is 6.41. The molecule has 19 heavy (non-hydrogen) atoms. The molecule has 4 N–H and O–H groups in total. The first kappa shape index (κ1) is 13.5. The summed E-state index contributed by atoms with van der Waals surface area (Å²) < 4.78 is 0. The maximum atomic E-state index is 11.9. The zero-order chi connectivity index (χ0) is 14.0. The van der Waals surface area contributed by atoms with Crippen LogP contribution in [0.4, 0.5) is 4.79 Å². The van der Waals surface area contributed by atoms with Crippen molar-refractivity contribution < 1.29 is 9.59 Å². The summed E-state index contributed by atoms with van der Waals surface area (Å²) in [7, 11) is 0. The van der Waals surface area contributed by atoms with E-state index in [4.69, 9.17) is 5.73 Å². The van der Waals surface area contributed by atoms with Gasteiger partial charge in [0.1, 0.15) is 0 Å². The number of imide groups is 1. The van der Waals surface area contributed by atoms with Crippen molar-refractivity contribution in [2.24, 2.45) is 11.7 Å². The third-order valence-corrected chi connectivity index (χ3v) is 3.34. The van der Waals surface area contributed by atoms with Gasteiger partial charge in [-0.15, -0.1) is 0 Å². The number of benzene rings is 1. The Labute approximate surface area is 112 Å². The molecule has 1 aromatic carbocycles. The lowest BCUT2D eigenvalue weighted by molar-refractivity contribution is -0.123. The summed E-state index contributed by atoms with van der Waals surface area (Å²) in [5, 5.41) is 4.85. The first-order chi connectivity index (χ1) is 8.98. The number of hydrogen-bond donors (Lipinski definition) is 3. The van der Waals surface area contributed by atoms with E-state index in [1.807, 2.05) is 24.3 Å². The van der Waals surface area contributed by atoms with Crippen molar-refractivity contribution in [1.82, 2.24) is 10.6 Å². The molecule has 1 aromatic rings. The van der Waals surface area contributed by atoms with E-state index in [0.29, 0.717) is 11.5 Å². The van der Waals surface area contributed by atoms with Crippen LogP contribution in [0.1, 0.15) is 25.0 Å². The van der Waals surface area contributed by atoms with Crippen molar-refractivity contribution in [1.29, 1.82) is 0 Å². The van der Waals surface area contributed by atoms with Gasteiger partial charge in [-0.05, 0) is 23.5 Å². The molecular formula is C14H19N3O2. The van der Waals surface area contributed by atoms with Gasteiger partial charge >= 0.3 is 6.03 Å². The average molecular weight is 261 g/mol. The minimum atomic E-state index is -1.13. The van der Waals surface area contributed by atoms with Gasteiger partial charge in [0.15, 0.2) is 5.54 Å². The van der Waals surface area contributed by atoms with E-state index in [1.54, 1.807) is 0 Å². The number of amides is 3. The largest absolute Gasteiger partial charge is 0.327 e. The zero-order valence-electron chi connectivity index (χ0n) is 11.2. The Morgan fingerprint density at radius 3 is 2.26 bits per heavy atom. The van der Waals surface area contributed by atoms with E-state index in [0.717, 1.165) is 6.42 Å². The fraction of sp³-hybridized carbons (Fsp3) is 0.429. The summed E-state index contributed by atoms with van der Waals surface area (Å²) in [6, 6.07) is 7.17. The van der Waals surface area contributed by atoms with Crippen LogP contribution in [0.5, 0.6) is 0 Å². The summed E-state index contributed by atoms with van der Waals surface area (Å²) in [6.07, 6.45) is 0.981. The lowest BCUT2D eigenvalue weighted by Crippen LogP contribution is -2.49. The molecule has 102 valence electrons. The Hall–Kier alpha value is -1.88. The van der Waals surface area contributed by atoms with Crippen LogP contribution >= 0.6 is 0 Å². The summed E-state index contributed by atoms with van der Waals surface area (Å²) in [5.74, 6) is 0.181. The number of urea groups is 1. The number of nitrogens with two attached hydrogens (primary N) is 1. The van der Waals surface area contributed by atoms with Gasteiger partial charge in [0.25, 0.3) is 5.91 Å². The van der Waals surface area contributed by atoms with Gasteiger partial charge in [0.2, 0.25) is 0 Å². The van der Waals surface area contributed by atoms with Crippen LogP contribution in [-0.4, -0.2) is 18.5 Å². The lowest BCUT2D eigenvalue weighted by atomic mass is 9.89. The summed E-state index contributed by atoms with van der Waals surface area (Å²) in [4.78, 5) is 23.2. The second kappa shape index (κ2) is 5.01. The number of carbonyl (C=O) groups excluding carboxylic acids is 2. The molecule has 2 rings (SSSR count). The summed E-state index contributed by atoms with van der Waals surface area (Å²) in [5.41, 5.74) is 6.48. The Bertz CT molecular complexity index is 496. The predicted molar refractivity (Wildman–Crippen MR) is 72.4 cm³/mol. The van der Waals surface area contributed by atoms with Crippen molar-refractivity contribution in [2.45, 2.75) is 25.8 Å². The molecule has 0 spiro atoms. The third kappa shape index (κ3) is 2.46. The Morgan fingerprint density at radius 2 is 1.84 bits per heavy atom. The summed E-state index contributed by atoms with van der Waals surface area (Å²) >= 11 is 0. The van der Waals surface area contributed by atoms with Crippen molar-refractivity contribution in [3.8, 4) is 0 Å². The molecule has 1 aliphatic heterocycles. The molecule has 5 nitrogen and oxygen atoms in total. The first-order valence-corrected chi connectivity index (χ1v) is 6.41. The second-order valence-electron chi connectivity index (χ2n) is 5.31. The molecule has 0 aliphatic carbocycles. The third-order valence-electron chi connectivity index (χ3n) is 3.34. The fourth-order valence-corrected chi connectivity index (χ4v) is 2.35. The Balaban J connectivity index is 2.30. The molecule has 5 heteroatoms. The number of rotatable bonds is 4. The summed E-state index contributed by atoms with van der Waals surface area (Å²) in [6.45, 7) is 4.34. The van der Waals surface area contributed by atoms with Gasteiger partial charge in [-0.25, -0.2) is 4.79 Å². The predicted octanol–water partition coefficient (Wildman–Crippen LogP) is 0.879. The van der Waals surface area contributed by atoms with Crippen LogP contribution in [-0.2, 0) is 16.8 Å². The number of hydrogen-bond acceptors (Lipinski definition) is 3. The van der Waals surface area contributed by atoms with Gasteiger partial charge in [-0.3, -0.25) is 10.1 Å². The van der Waals surface area contributed by atoms with E-state index in [2.05, 4.69) is 24.5 Å². The van der Waals surface area contributed by atoms with Crippen LogP contribution in [0.2, 0.25) is 0 Å². The van der Waals surface area contributed by atoms with Crippen LogP contribution < -0.4 is 16.4 Å². The highest BCUT2D eigenvalue weighted by Gasteiger charge is 2.46. The molecule has 0 bridgehead atoms. The standard InChI is InChI=1S/C14H19N3O2/c1-9(2)7-10-3-5-11(6-4-10)14(8-15)12(18)16-13(19)17-14/h3-6,9H,7-8,15H2,1-2H3,(H2,16,17,18,19). The normalized spacial score (nSPS) is 22.5. The smallest absolute Gasteiger partial charge is 0.322 e. The molecule has 1 fully saturated rings. The van der Waals surface area contributed by atoms with Crippen molar-refractivity contribution in [2.75, 3.05) is 6.54 Å². The minimum Gasteiger partial charge on any atom is -0.327 e. The Kier molecular flexibility index (Phi) is 3.57. The van der Waals surface area contributed by atoms with E-state index in [-0.39, 0.29) is 6.54 Å². The highest BCUT2D eigenvalue weighted by atomic mass is 16.2.